The van der Waals surface area contributed by atoms with Crippen LogP contribution in [0.4, 0.5) is 5.69 Å². The van der Waals surface area contributed by atoms with Crippen molar-refractivity contribution in [3.8, 4) is 6.07 Å². The number of hydrazone groups is 1. The third kappa shape index (κ3) is 3.67. The van der Waals surface area contributed by atoms with Crippen molar-refractivity contribution in [1.29, 1.82) is 5.26 Å². The number of nitrogens with zero attached hydrogens (tertiary/aromatic N) is 2. The standard InChI is InChI=1S/C16H13N3O2/c1-11(14-4-2-3-12(9-14)10-17)18-19-15-7-5-13(6-8-15)16(20)21/h2-9,19H,1H3,(H,20,21)/b18-11-. The molecule has 2 aromatic carbocycles. The maximum absolute atomic E-state index is 10.7. The summed E-state index contributed by atoms with van der Waals surface area (Å²) >= 11 is 0. The molecule has 0 atom stereocenters. The van der Waals surface area contributed by atoms with Crippen LogP contribution in [0.25, 0.3) is 0 Å². The number of anilines is 1. The van der Waals surface area contributed by atoms with E-state index < -0.39 is 5.97 Å². The summed E-state index contributed by atoms with van der Waals surface area (Å²) in [6.07, 6.45) is 0. The molecule has 0 aliphatic rings. The van der Waals surface area contributed by atoms with Crippen LogP contribution in [0.5, 0.6) is 0 Å². The Labute approximate surface area is 122 Å². The minimum Gasteiger partial charge on any atom is -0.478 e. The lowest BCUT2D eigenvalue weighted by Gasteiger charge is -2.04. The van der Waals surface area contributed by atoms with E-state index >= 15 is 0 Å². The predicted octanol–water partition coefficient (Wildman–Crippen LogP) is 3.09. The van der Waals surface area contributed by atoms with Gasteiger partial charge in [-0.1, -0.05) is 12.1 Å². The second-order valence-electron chi connectivity index (χ2n) is 4.38. The summed E-state index contributed by atoms with van der Waals surface area (Å²) in [6.45, 7) is 1.83. The van der Waals surface area contributed by atoms with Crippen LogP contribution in [-0.2, 0) is 0 Å². The fourth-order valence-corrected chi connectivity index (χ4v) is 1.71. The molecule has 21 heavy (non-hydrogen) atoms. The first-order valence-corrected chi connectivity index (χ1v) is 6.24. The quantitative estimate of drug-likeness (QED) is 0.665. The number of hydrogen-bond acceptors (Lipinski definition) is 4. The average Bonchev–Trinajstić information content (AvgIpc) is 2.53. The van der Waals surface area contributed by atoms with E-state index in [1.807, 2.05) is 13.0 Å². The van der Waals surface area contributed by atoms with Crippen LogP contribution in [0.15, 0.2) is 53.6 Å². The monoisotopic (exact) mass is 279 g/mol. The molecule has 0 saturated heterocycles. The fourth-order valence-electron chi connectivity index (χ4n) is 1.71. The number of rotatable bonds is 4. The Morgan fingerprint density at radius 2 is 1.90 bits per heavy atom. The number of benzene rings is 2. The molecule has 104 valence electrons. The first kappa shape index (κ1) is 14.3. The van der Waals surface area contributed by atoms with Crippen LogP contribution >= 0.6 is 0 Å². The van der Waals surface area contributed by atoms with Gasteiger partial charge in [-0.05, 0) is 48.9 Å². The molecule has 0 saturated carbocycles. The summed E-state index contributed by atoms with van der Waals surface area (Å²) in [5.41, 5.74) is 5.93. The summed E-state index contributed by atoms with van der Waals surface area (Å²) in [6, 6.07) is 15.5. The largest absolute Gasteiger partial charge is 0.478 e. The van der Waals surface area contributed by atoms with Gasteiger partial charge in [-0.15, -0.1) is 0 Å². The topological polar surface area (TPSA) is 85.5 Å². The van der Waals surface area contributed by atoms with E-state index in [9.17, 15) is 4.79 Å². The summed E-state index contributed by atoms with van der Waals surface area (Å²) in [5.74, 6) is -0.963. The molecule has 0 amide bonds. The number of hydrogen-bond donors (Lipinski definition) is 2. The van der Waals surface area contributed by atoms with Gasteiger partial charge in [0.1, 0.15) is 0 Å². The van der Waals surface area contributed by atoms with E-state index in [1.54, 1.807) is 30.3 Å². The van der Waals surface area contributed by atoms with Crippen molar-refractivity contribution in [1.82, 2.24) is 0 Å². The highest BCUT2D eigenvalue weighted by Crippen LogP contribution is 2.11. The lowest BCUT2D eigenvalue weighted by Crippen LogP contribution is -2.01. The molecule has 5 nitrogen and oxygen atoms in total. The Morgan fingerprint density at radius 1 is 1.19 bits per heavy atom. The third-order valence-electron chi connectivity index (χ3n) is 2.89. The van der Waals surface area contributed by atoms with E-state index in [2.05, 4.69) is 16.6 Å². The molecule has 0 aliphatic carbocycles. The molecule has 0 aliphatic heterocycles. The van der Waals surface area contributed by atoms with Crippen LogP contribution in [0.3, 0.4) is 0 Å². The third-order valence-corrected chi connectivity index (χ3v) is 2.89. The van der Waals surface area contributed by atoms with Crippen LogP contribution in [0.2, 0.25) is 0 Å². The van der Waals surface area contributed by atoms with Gasteiger partial charge in [0, 0.05) is 0 Å². The van der Waals surface area contributed by atoms with Crippen LogP contribution in [0.1, 0.15) is 28.4 Å². The molecule has 0 radical (unpaired) electrons. The van der Waals surface area contributed by atoms with Crippen LogP contribution in [0, 0.1) is 11.3 Å². The number of carboxylic acids is 1. The lowest BCUT2D eigenvalue weighted by molar-refractivity contribution is 0.0697. The smallest absolute Gasteiger partial charge is 0.335 e. The van der Waals surface area contributed by atoms with Gasteiger partial charge in [-0.2, -0.15) is 10.4 Å². The normalized spacial score (nSPS) is 10.8. The second kappa shape index (κ2) is 6.35. The summed E-state index contributed by atoms with van der Waals surface area (Å²) in [5, 5.41) is 21.9. The molecule has 2 rings (SSSR count). The summed E-state index contributed by atoms with van der Waals surface area (Å²) in [4.78, 5) is 10.7. The van der Waals surface area contributed by atoms with Gasteiger partial charge in [0.2, 0.25) is 0 Å². The molecule has 0 spiro atoms. The van der Waals surface area contributed by atoms with Crippen molar-refractivity contribution in [3.05, 3.63) is 65.2 Å². The predicted molar refractivity (Wildman–Crippen MR) is 80.4 cm³/mol. The van der Waals surface area contributed by atoms with Gasteiger partial charge in [-0.3, -0.25) is 5.43 Å². The van der Waals surface area contributed by atoms with Crippen molar-refractivity contribution >= 4 is 17.4 Å². The highest BCUT2D eigenvalue weighted by molar-refractivity contribution is 5.99. The minimum absolute atomic E-state index is 0.225. The molecule has 5 heteroatoms. The molecule has 2 N–H and O–H groups in total. The Kier molecular flexibility index (Phi) is 4.32. The highest BCUT2D eigenvalue weighted by Gasteiger charge is 2.02. The molecular weight excluding hydrogens is 266 g/mol. The Balaban J connectivity index is 2.12. The molecular formula is C16H13N3O2. The van der Waals surface area contributed by atoms with Crippen molar-refractivity contribution in [2.45, 2.75) is 6.92 Å². The van der Waals surface area contributed by atoms with Crippen molar-refractivity contribution in [2.75, 3.05) is 5.43 Å². The molecule has 0 bridgehead atoms. The number of carboxylic acid groups (broad SMARTS) is 1. The van der Waals surface area contributed by atoms with E-state index in [4.69, 9.17) is 10.4 Å². The first-order valence-electron chi connectivity index (χ1n) is 6.24. The number of nitriles is 1. The van der Waals surface area contributed by atoms with Gasteiger partial charge in [0.15, 0.2) is 0 Å². The molecule has 0 fully saturated rings. The van der Waals surface area contributed by atoms with Crippen molar-refractivity contribution < 1.29 is 9.90 Å². The second-order valence-corrected chi connectivity index (χ2v) is 4.38. The van der Waals surface area contributed by atoms with Crippen molar-refractivity contribution in [3.63, 3.8) is 0 Å². The zero-order chi connectivity index (χ0) is 15.2. The Hall–Kier alpha value is -3.13. The van der Waals surface area contributed by atoms with E-state index in [0.717, 1.165) is 11.3 Å². The minimum atomic E-state index is -0.963. The Bertz CT molecular complexity index is 728. The van der Waals surface area contributed by atoms with Gasteiger partial charge in [0.05, 0.1) is 28.6 Å². The molecule has 2 aromatic rings. The highest BCUT2D eigenvalue weighted by atomic mass is 16.4. The summed E-state index contributed by atoms with van der Waals surface area (Å²) < 4.78 is 0. The molecule has 0 heterocycles. The van der Waals surface area contributed by atoms with Crippen molar-refractivity contribution in [2.24, 2.45) is 5.10 Å². The number of carbonyl (C=O) groups is 1. The molecule has 0 aromatic heterocycles. The number of aromatic carboxylic acids is 1. The Morgan fingerprint density at radius 3 is 2.52 bits per heavy atom. The fraction of sp³-hybridized carbons (Fsp3) is 0.0625. The van der Waals surface area contributed by atoms with E-state index in [0.29, 0.717) is 11.3 Å². The maximum atomic E-state index is 10.7. The van der Waals surface area contributed by atoms with Gasteiger partial charge in [0.25, 0.3) is 0 Å². The van der Waals surface area contributed by atoms with Gasteiger partial charge in [-0.25, -0.2) is 4.79 Å². The molecule has 0 unspecified atom stereocenters. The zero-order valence-electron chi connectivity index (χ0n) is 11.4. The van der Waals surface area contributed by atoms with Gasteiger partial charge >= 0.3 is 5.97 Å². The lowest BCUT2D eigenvalue weighted by atomic mass is 10.1. The van der Waals surface area contributed by atoms with Crippen LogP contribution < -0.4 is 5.43 Å². The van der Waals surface area contributed by atoms with E-state index in [-0.39, 0.29) is 5.56 Å². The van der Waals surface area contributed by atoms with Gasteiger partial charge < -0.3 is 5.11 Å². The zero-order valence-corrected chi connectivity index (χ0v) is 11.4. The summed E-state index contributed by atoms with van der Waals surface area (Å²) in [7, 11) is 0. The first-order chi connectivity index (χ1) is 10.1. The average molecular weight is 279 g/mol. The maximum Gasteiger partial charge on any atom is 0.335 e. The SMILES string of the molecule is C/C(=N/Nc1ccc(C(=O)O)cc1)c1cccc(C#N)c1. The van der Waals surface area contributed by atoms with E-state index in [1.165, 1.54) is 12.1 Å². The van der Waals surface area contributed by atoms with Crippen LogP contribution in [-0.4, -0.2) is 16.8 Å². The number of nitrogens with one attached hydrogen (secondary N) is 1.